The smallest absolute Gasteiger partial charge is 0.161 e. The molecule has 0 aliphatic heterocycles. The minimum absolute atomic E-state index is 0.0399. The van der Waals surface area contributed by atoms with Crippen molar-refractivity contribution < 1.29 is 19.7 Å². The second-order valence-corrected chi connectivity index (χ2v) is 3.99. The van der Waals surface area contributed by atoms with Crippen LogP contribution in [0, 0.1) is 0 Å². The Morgan fingerprint density at radius 2 is 2.00 bits per heavy atom. The number of aliphatic hydroxyl groups excluding tert-OH is 1. The Balaban J connectivity index is 0.000000202. The van der Waals surface area contributed by atoms with E-state index in [4.69, 9.17) is 14.9 Å². The van der Waals surface area contributed by atoms with E-state index in [2.05, 4.69) is 0 Å². The molecule has 0 saturated heterocycles. The number of aliphatic hydroxyl groups is 1. The normalized spacial score (nSPS) is 14.9. The lowest BCUT2D eigenvalue weighted by Gasteiger charge is -2.01. The second kappa shape index (κ2) is 6.91. The summed E-state index contributed by atoms with van der Waals surface area (Å²) in [4.78, 5) is 10.2. The zero-order chi connectivity index (χ0) is 12.7. The summed E-state index contributed by atoms with van der Waals surface area (Å²) in [5.74, 6) is 0.354. The zero-order valence-corrected chi connectivity index (χ0v) is 9.93. The first-order chi connectivity index (χ1) is 8.17. The number of aromatic hydroxyl groups is 1. The Morgan fingerprint density at radius 1 is 1.35 bits per heavy atom. The monoisotopic (exact) mass is 238 g/mol. The summed E-state index contributed by atoms with van der Waals surface area (Å²) in [5, 5.41) is 17.8. The van der Waals surface area contributed by atoms with E-state index in [1.807, 2.05) is 0 Å². The fourth-order valence-electron chi connectivity index (χ4n) is 1.67. The number of rotatable bonds is 2. The van der Waals surface area contributed by atoms with Crippen molar-refractivity contribution in [1.82, 2.24) is 0 Å². The molecule has 2 N–H and O–H groups in total. The Kier molecular flexibility index (Phi) is 5.49. The number of hydrogen-bond acceptors (Lipinski definition) is 4. The highest BCUT2D eigenvalue weighted by atomic mass is 16.5. The minimum Gasteiger partial charge on any atom is -0.504 e. The van der Waals surface area contributed by atoms with Crippen LogP contribution in [-0.4, -0.2) is 29.7 Å². The lowest BCUT2D eigenvalue weighted by atomic mass is 10.2. The number of carbonyl (C=O) groups is 1. The molecule has 0 spiro atoms. The van der Waals surface area contributed by atoms with Crippen molar-refractivity contribution >= 4 is 6.29 Å². The first kappa shape index (κ1) is 13.5. The molecule has 0 amide bonds. The van der Waals surface area contributed by atoms with Crippen LogP contribution in [0.1, 0.15) is 36.0 Å². The summed E-state index contributed by atoms with van der Waals surface area (Å²) in [6.07, 6.45) is 5.30. The largest absolute Gasteiger partial charge is 0.504 e. The molecule has 94 valence electrons. The Hall–Kier alpha value is -1.55. The van der Waals surface area contributed by atoms with Gasteiger partial charge in [0.05, 0.1) is 13.2 Å². The molecule has 1 fully saturated rings. The molecule has 1 aromatic rings. The van der Waals surface area contributed by atoms with E-state index < -0.39 is 0 Å². The lowest BCUT2D eigenvalue weighted by Crippen LogP contribution is -1.94. The summed E-state index contributed by atoms with van der Waals surface area (Å²) in [6.45, 7) is 0. The maximum atomic E-state index is 10.2. The molecular formula is C13H18O4. The van der Waals surface area contributed by atoms with Gasteiger partial charge in [-0.15, -0.1) is 0 Å². The summed E-state index contributed by atoms with van der Waals surface area (Å²) in [5.41, 5.74) is 0.486. The molecular weight excluding hydrogens is 220 g/mol. The van der Waals surface area contributed by atoms with Gasteiger partial charge in [0.25, 0.3) is 0 Å². The maximum absolute atomic E-state index is 10.2. The highest BCUT2D eigenvalue weighted by molar-refractivity contribution is 5.76. The third kappa shape index (κ3) is 4.44. The highest BCUT2D eigenvalue weighted by Gasteiger charge is 2.09. The fourth-order valence-corrected chi connectivity index (χ4v) is 1.67. The lowest BCUT2D eigenvalue weighted by molar-refractivity contribution is 0.112. The van der Waals surface area contributed by atoms with Crippen LogP contribution in [0.3, 0.4) is 0 Å². The van der Waals surface area contributed by atoms with Gasteiger partial charge in [-0.2, -0.15) is 0 Å². The van der Waals surface area contributed by atoms with Crippen LogP contribution in [0.25, 0.3) is 0 Å². The van der Waals surface area contributed by atoms with Gasteiger partial charge in [0.15, 0.2) is 11.5 Å². The molecule has 0 aromatic heterocycles. The van der Waals surface area contributed by atoms with Crippen LogP contribution in [0.15, 0.2) is 18.2 Å². The number of carbonyl (C=O) groups excluding carboxylic acids is 1. The second-order valence-electron chi connectivity index (χ2n) is 3.99. The van der Waals surface area contributed by atoms with Crippen molar-refractivity contribution in [2.75, 3.05) is 7.11 Å². The van der Waals surface area contributed by atoms with E-state index in [1.54, 1.807) is 0 Å². The van der Waals surface area contributed by atoms with E-state index in [1.165, 1.54) is 38.2 Å². The van der Waals surface area contributed by atoms with Gasteiger partial charge in [-0.3, -0.25) is 4.79 Å². The molecule has 17 heavy (non-hydrogen) atoms. The Morgan fingerprint density at radius 3 is 2.41 bits per heavy atom. The third-order valence-corrected chi connectivity index (χ3v) is 2.66. The minimum atomic E-state index is 0.0399. The van der Waals surface area contributed by atoms with Gasteiger partial charge in [0.2, 0.25) is 0 Å². The zero-order valence-electron chi connectivity index (χ0n) is 9.93. The number of phenolic OH excluding ortho intramolecular Hbond substituents is 1. The van der Waals surface area contributed by atoms with Gasteiger partial charge in [-0.05, 0) is 31.0 Å². The summed E-state index contributed by atoms with van der Waals surface area (Å²) >= 11 is 0. The molecule has 1 saturated carbocycles. The molecule has 1 aliphatic rings. The number of aldehydes is 1. The molecule has 0 atom stereocenters. The fraction of sp³-hybridized carbons (Fsp3) is 0.462. The van der Waals surface area contributed by atoms with Gasteiger partial charge >= 0.3 is 0 Å². The predicted molar refractivity (Wildman–Crippen MR) is 64.5 cm³/mol. The van der Waals surface area contributed by atoms with Gasteiger partial charge in [0, 0.05) is 5.56 Å². The summed E-state index contributed by atoms with van der Waals surface area (Å²) in [6, 6.07) is 4.41. The van der Waals surface area contributed by atoms with E-state index in [0.717, 1.165) is 12.8 Å². The molecule has 0 heterocycles. The van der Waals surface area contributed by atoms with E-state index in [9.17, 15) is 4.79 Å². The Bertz CT molecular complexity index is 356. The predicted octanol–water partition coefficient (Wildman–Crippen LogP) is 2.13. The van der Waals surface area contributed by atoms with Crippen molar-refractivity contribution in [3.63, 3.8) is 0 Å². The quantitative estimate of drug-likeness (QED) is 0.775. The van der Waals surface area contributed by atoms with E-state index >= 15 is 0 Å². The molecule has 4 heteroatoms. The van der Waals surface area contributed by atoms with E-state index in [-0.39, 0.29) is 11.9 Å². The van der Waals surface area contributed by atoms with Crippen molar-refractivity contribution in [2.45, 2.75) is 31.8 Å². The maximum Gasteiger partial charge on any atom is 0.161 e. The molecule has 0 bridgehead atoms. The standard InChI is InChI=1S/C8H8O3.C5H10O/c1-11-8-4-6(5-9)2-3-7(8)10;6-5-3-1-2-4-5/h2-5,10H,1H3;5-6H,1-4H2. The average molecular weight is 238 g/mol. The molecule has 0 radical (unpaired) electrons. The highest BCUT2D eigenvalue weighted by Crippen LogP contribution is 2.25. The Labute approximate surface area is 101 Å². The van der Waals surface area contributed by atoms with E-state index in [0.29, 0.717) is 17.6 Å². The first-order valence-electron chi connectivity index (χ1n) is 5.67. The van der Waals surface area contributed by atoms with Gasteiger partial charge in [0.1, 0.15) is 6.29 Å². The SMILES string of the molecule is COc1cc(C=O)ccc1O.OC1CCCC1. The van der Waals surface area contributed by atoms with Gasteiger partial charge in [-0.25, -0.2) is 0 Å². The van der Waals surface area contributed by atoms with Crippen LogP contribution in [0.2, 0.25) is 0 Å². The van der Waals surface area contributed by atoms with Crippen LogP contribution in [-0.2, 0) is 0 Å². The van der Waals surface area contributed by atoms with Gasteiger partial charge < -0.3 is 14.9 Å². The number of benzene rings is 1. The molecule has 4 nitrogen and oxygen atoms in total. The number of hydrogen-bond donors (Lipinski definition) is 2. The summed E-state index contributed by atoms with van der Waals surface area (Å²) < 4.78 is 4.78. The number of methoxy groups -OCH3 is 1. The van der Waals surface area contributed by atoms with Crippen LogP contribution in [0.4, 0.5) is 0 Å². The van der Waals surface area contributed by atoms with Crippen LogP contribution < -0.4 is 4.74 Å². The van der Waals surface area contributed by atoms with Crippen molar-refractivity contribution in [2.24, 2.45) is 0 Å². The number of phenols is 1. The average Bonchev–Trinajstić information content (AvgIpc) is 2.82. The topological polar surface area (TPSA) is 66.8 Å². The molecule has 1 aliphatic carbocycles. The molecule has 1 aromatic carbocycles. The van der Waals surface area contributed by atoms with Crippen LogP contribution in [0.5, 0.6) is 11.5 Å². The first-order valence-corrected chi connectivity index (χ1v) is 5.67. The number of ether oxygens (including phenoxy) is 1. The molecule has 2 rings (SSSR count). The van der Waals surface area contributed by atoms with Crippen molar-refractivity contribution in [3.8, 4) is 11.5 Å². The van der Waals surface area contributed by atoms with Gasteiger partial charge in [-0.1, -0.05) is 12.8 Å². The van der Waals surface area contributed by atoms with Crippen LogP contribution >= 0.6 is 0 Å². The third-order valence-electron chi connectivity index (χ3n) is 2.66. The van der Waals surface area contributed by atoms with Crippen molar-refractivity contribution in [1.29, 1.82) is 0 Å². The van der Waals surface area contributed by atoms with Crippen molar-refractivity contribution in [3.05, 3.63) is 23.8 Å². The summed E-state index contributed by atoms with van der Waals surface area (Å²) in [7, 11) is 1.43. The molecule has 0 unspecified atom stereocenters.